The second-order valence-corrected chi connectivity index (χ2v) is 8.72. The maximum Gasteiger partial charge on any atom is 0.330 e. The SMILES string of the molecule is CCC(CC)CNC(=O)Cn1cccc(NC(=O)C(CC/C=C/C(=O)OC)NC(=O)c2nccn2C)c1=O. The summed E-state index contributed by atoms with van der Waals surface area (Å²) >= 11 is 0. The number of pyridine rings is 1. The minimum Gasteiger partial charge on any atom is -0.466 e. The lowest BCUT2D eigenvalue weighted by atomic mass is 10.0. The molecule has 0 aliphatic heterocycles. The van der Waals surface area contributed by atoms with Crippen LogP contribution in [0.1, 0.15) is 50.1 Å². The van der Waals surface area contributed by atoms with Crippen LogP contribution in [0.25, 0.3) is 0 Å². The molecule has 12 nitrogen and oxygen atoms in total. The van der Waals surface area contributed by atoms with Crippen LogP contribution >= 0.6 is 0 Å². The first kappa shape index (κ1) is 30.0. The zero-order valence-electron chi connectivity index (χ0n) is 22.2. The van der Waals surface area contributed by atoms with E-state index in [1.54, 1.807) is 19.3 Å². The fourth-order valence-corrected chi connectivity index (χ4v) is 3.61. The number of methoxy groups -OCH3 is 1. The molecule has 1 atom stereocenters. The van der Waals surface area contributed by atoms with Gasteiger partial charge < -0.3 is 29.8 Å². The lowest BCUT2D eigenvalue weighted by molar-refractivity contribution is -0.134. The van der Waals surface area contributed by atoms with Gasteiger partial charge in [0.2, 0.25) is 11.8 Å². The highest BCUT2D eigenvalue weighted by atomic mass is 16.5. The van der Waals surface area contributed by atoms with Gasteiger partial charge in [-0.2, -0.15) is 0 Å². The third kappa shape index (κ3) is 9.02. The van der Waals surface area contributed by atoms with E-state index >= 15 is 0 Å². The molecule has 3 amide bonds. The molecule has 3 N–H and O–H groups in total. The molecule has 0 aliphatic rings. The molecular weight excluding hydrogens is 492 g/mol. The Morgan fingerprint density at radius 2 is 1.89 bits per heavy atom. The van der Waals surface area contributed by atoms with Crippen LogP contribution in [0.5, 0.6) is 0 Å². The number of nitrogens with one attached hydrogen (secondary N) is 3. The molecule has 38 heavy (non-hydrogen) atoms. The van der Waals surface area contributed by atoms with Gasteiger partial charge in [0.25, 0.3) is 11.5 Å². The van der Waals surface area contributed by atoms with Crippen LogP contribution in [0.15, 0.2) is 47.7 Å². The molecule has 2 rings (SSSR count). The summed E-state index contributed by atoms with van der Waals surface area (Å²) in [5.41, 5.74) is -0.593. The summed E-state index contributed by atoms with van der Waals surface area (Å²) in [4.78, 5) is 66.4. The van der Waals surface area contributed by atoms with Crippen molar-refractivity contribution in [2.45, 2.75) is 52.1 Å². The predicted octanol–water partition coefficient (Wildman–Crippen LogP) is 1.38. The number of carbonyl (C=O) groups is 4. The van der Waals surface area contributed by atoms with Crippen molar-refractivity contribution in [2.24, 2.45) is 13.0 Å². The van der Waals surface area contributed by atoms with Gasteiger partial charge in [-0.3, -0.25) is 19.2 Å². The monoisotopic (exact) mass is 528 g/mol. The first-order valence-corrected chi connectivity index (χ1v) is 12.5. The van der Waals surface area contributed by atoms with E-state index in [0.717, 1.165) is 12.8 Å². The number of esters is 1. The molecule has 0 saturated carbocycles. The third-order valence-corrected chi connectivity index (χ3v) is 6.06. The van der Waals surface area contributed by atoms with Crippen LogP contribution in [0.3, 0.4) is 0 Å². The average Bonchev–Trinajstić information content (AvgIpc) is 3.34. The largest absolute Gasteiger partial charge is 0.466 e. The zero-order chi connectivity index (χ0) is 28.1. The van der Waals surface area contributed by atoms with Crippen molar-refractivity contribution in [3.63, 3.8) is 0 Å². The predicted molar refractivity (Wildman–Crippen MR) is 141 cm³/mol. The van der Waals surface area contributed by atoms with E-state index in [1.807, 2.05) is 0 Å². The second-order valence-electron chi connectivity index (χ2n) is 8.72. The zero-order valence-corrected chi connectivity index (χ0v) is 22.2. The number of imidazole rings is 1. The molecular formula is C26H36N6O6. The summed E-state index contributed by atoms with van der Waals surface area (Å²) in [6, 6.07) is 1.93. The van der Waals surface area contributed by atoms with Gasteiger partial charge in [0.1, 0.15) is 18.3 Å². The summed E-state index contributed by atoms with van der Waals surface area (Å²) in [6.45, 7) is 4.44. The number of aromatic nitrogens is 3. The van der Waals surface area contributed by atoms with E-state index in [0.29, 0.717) is 12.5 Å². The molecule has 206 valence electrons. The van der Waals surface area contributed by atoms with Crippen LogP contribution in [0, 0.1) is 5.92 Å². The Labute approximate surface area is 221 Å². The minimum atomic E-state index is -1.04. The number of hydrogen-bond donors (Lipinski definition) is 3. The van der Waals surface area contributed by atoms with E-state index in [4.69, 9.17) is 0 Å². The van der Waals surface area contributed by atoms with Crippen molar-refractivity contribution in [1.29, 1.82) is 0 Å². The molecule has 2 heterocycles. The van der Waals surface area contributed by atoms with Crippen LogP contribution in [0.4, 0.5) is 5.69 Å². The molecule has 2 aromatic rings. The number of hydrogen-bond acceptors (Lipinski definition) is 7. The number of allylic oxidation sites excluding steroid dienone is 1. The highest BCUT2D eigenvalue weighted by Crippen LogP contribution is 2.07. The summed E-state index contributed by atoms with van der Waals surface area (Å²) in [7, 11) is 2.89. The van der Waals surface area contributed by atoms with Crippen molar-refractivity contribution in [2.75, 3.05) is 19.0 Å². The summed E-state index contributed by atoms with van der Waals surface area (Å²) < 4.78 is 7.26. The van der Waals surface area contributed by atoms with Crippen molar-refractivity contribution >= 4 is 29.4 Å². The highest BCUT2D eigenvalue weighted by molar-refractivity contribution is 5.99. The van der Waals surface area contributed by atoms with Crippen LogP contribution in [-0.4, -0.2) is 57.5 Å². The van der Waals surface area contributed by atoms with Crippen LogP contribution in [0.2, 0.25) is 0 Å². The molecule has 0 saturated heterocycles. The molecule has 0 aromatic carbocycles. The van der Waals surface area contributed by atoms with Crippen molar-refractivity contribution < 1.29 is 23.9 Å². The molecule has 12 heteroatoms. The first-order chi connectivity index (χ1) is 18.2. The molecule has 2 aromatic heterocycles. The van der Waals surface area contributed by atoms with E-state index in [9.17, 15) is 24.0 Å². The van der Waals surface area contributed by atoms with Crippen molar-refractivity contribution in [3.05, 3.63) is 59.1 Å². The Kier molecular flexibility index (Phi) is 11.9. The van der Waals surface area contributed by atoms with Gasteiger partial charge in [-0.1, -0.05) is 32.8 Å². The van der Waals surface area contributed by atoms with E-state index in [1.165, 1.54) is 46.9 Å². The number of anilines is 1. The Balaban J connectivity index is 2.13. The van der Waals surface area contributed by atoms with E-state index in [-0.39, 0.29) is 36.8 Å². The number of rotatable bonds is 14. The number of amides is 3. The smallest absolute Gasteiger partial charge is 0.330 e. The lowest BCUT2D eigenvalue weighted by Gasteiger charge is -2.18. The van der Waals surface area contributed by atoms with Crippen LogP contribution in [-0.2, 0) is 32.7 Å². The van der Waals surface area contributed by atoms with Gasteiger partial charge in [0.05, 0.1) is 7.11 Å². The molecule has 0 bridgehead atoms. The van der Waals surface area contributed by atoms with Crippen molar-refractivity contribution in [3.8, 4) is 0 Å². The molecule has 0 radical (unpaired) electrons. The fraction of sp³-hybridized carbons (Fsp3) is 0.462. The summed E-state index contributed by atoms with van der Waals surface area (Å²) in [6.07, 6.45) is 9.54. The fourth-order valence-electron chi connectivity index (χ4n) is 3.61. The van der Waals surface area contributed by atoms with Gasteiger partial charge in [-0.25, -0.2) is 9.78 Å². The molecule has 0 aliphatic carbocycles. The standard InChI is InChI=1S/C26H36N6O6/c1-5-18(6-2)16-28-21(33)17-32-14-9-11-20(26(32)37)30-24(35)19(10-7-8-12-22(34)38-4)29-25(36)23-27-13-15-31(23)3/h8-9,11-15,18-19H,5-7,10,16-17H2,1-4H3,(H,28,33)(H,29,36)(H,30,35)/b12-8+. The normalized spacial score (nSPS) is 11.8. The first-order valence-electron chi connectivity index (χ1n) is 12.5. The maximum atomic E-state index is 13.1. The van der Waals surface area contributed by atoms with Gasteiger partial charge in [-0.15, -0.1) is 0 Å². The Hall–Kier alpha value is -4.22. The van der Waals surface area contributed by atoms with Gasteiger partial charge in [0.15, 0.2) is 5.82 Å². The average molecular weight is 529 g/mol. The molecule has 0 spiro atoms. The lowest BCUT2D eigenvalue weighted by Crippen LogP contribution is -2.45. The third-order valence-electron chi connectivity index (χ3n) is 6.06. The summed E-state index contributed by atoms with van der Waals surface area (Å²) in [5, 5.41) is 8.02. The number of ether oxygens (including phenoxy) is 1. The summed E-state index contributed by atoms with van der Waals surface area (Å²) in [5.74, 6) is -1.59. The number of carbonyl (C=O) groups excluding carboxylic acids is 4. The van der Waals surface area contributed by atoms with Crippen molar-refractivity contribution in [1.82, 2.24) is 24.8 Å². The van der Waals surface area contributed by atoms with Gasteiger partial charge in [0, 0.05) is 38.3 Å². The Morgan fingerprint density at radius 1 is 1.16 bits per heavy atom. The minimum absolute atomic E-state index is 0.0355. The van der Waals surface area contributed by atoms with E-state index < -0.39 is 29.4 Å². The maximum absolute atomic E-state index is 13.1. The van der Waals surface area contributed by atoms with E-state index in [2.05, 4.69) is 39.5 Å². The van der Waals surface area contributed by atoms with Gasteiger partial charge >= 0.3 is 5.97 Å². The highest BCUT2D eigenvalue weighted by Gasteiger charge is 2.24. The quantitative estimate of drug-likeness (QED) is 0.247. The Morgan fingerprint density at radius 3 is 2.53 bits per heavy atom. The molecule has 1 unspecified atom stereocenters. The number of aryl methyl sites for hydroxylation is 1. The van der Waals surface area contributed by atoms with Crippen LogP contribution < -0.4 is 21.5 Å². The Bertz CT molecular complexity index is 1200. The van der Waals surface area contributed by atoms with Gasteiger partial charge in [-0.05, 0) is 30.9 Å². The second kappa shape index (κ2) is 15.1. The topological polar surface area (TPSA) is 153 Å². The number of nitrogens with zero attached hydrogens (tertiary/aromatic N) is 3. The molecule has 0 fully saturated rings.